The Balaban J connectivity index is 1.59. The summed E-state index contributed by atoms with van der Waals surface area (Å²) in [5, 5.41) is 6.00. The highest BCUT2D eigenvalue weighted by atomic mass is 32.2. The molecule has 1 saturated carbocycles. The average molecular weight is 429 g/mol. The predicted octanol–water partition coefficient (Wildman–Crippen LogP) is 4.50. The predicted molar refractivity (Wildman–Crippen MR) is 120 cm³/mol. The molecule has 0 radical (unpaired) electrons. The van der Waals surface area contributed by atoms with E-state index in [4.69, 9.17) is 9.47 Å². The molecule has 0 spiro atoms. The van der Waals surface area contributed by atoms with Crippen molar-refractivity contribution in [2.24, 2.45) is 0 Å². The minimum absolute atomic E-state index is 0.0645. The van der Waals surface area contributed by atoms with Gasteiger partial charge in [-0.2, -0.15) is 0 Å². The van der Waals surface area contributed by atoms with Gasteiger partial charge in [0.25, 0.3) is 5.91 Å². The zero-order valence-electron chi connectivity index (χ0n) is 17.4. The molecule has 1 aliphatic carbocycles. The number of hydrogen-bond acceptors (Lipinski definition) is 5. The summed E-state index contributed by atoms with van der Waals surface area (Å²) in [6, 6.07) is 12.9. The van der Waals surface area contributed by atoms with Gasteiger partial charge in [0.15, 0.2) is 11.5 Å². The maximum atomic E-state index is 12.7. The Kier molecular flexibility index (Phi) is 8.02. The highest BCUT2D eigenvalue weighted by Gasteiger charge is 2.19. The lowest BCUT2D eigenvalue weighted by Crippen LogP contribution is -2.36. The number of nitrogens with one attached hydrogen (secondary N) is 2. The van der Waals surface area contributed by atoms with Crippen LogP contribution in [-0.4, -0.2) is 37.8 Å². The van der Waals surface area contributed by atoms with Crippen LogP contribution in [0.5, 0.6) is 11.5 Å². The Morgan fingerprint density at radius 1 is 1.00 bits per heavy atom. The number of rotatable bonds is 8. The fraction of sp³-hybridized carbons (Fsp3) is 0.391. The van der Waals surface area contributed by atoms with E-state index in [0.717, 1.165) is 30.6 Å². The first-order valence-electron chi connectivity index (χ1n) is 10.1. The quantitative estimate of drug-likeness (QED) is 0.606. The molecule has 2 aromatic rings. The maximum absolute atomic E-state index is 12.7. The Morgan fingerprint density at radius 3 is 2.47 bits per heavy atom. The van der Waals surface area contributed by atoms with Crippen molar-refractivity contribution in [3.63, 3.8) is 0 Å². The van der Waals surface area contributed by atoms with Gasteiger partial charge in [0, 0.05) is 22.7 Å². The van der Waals surface area contributed by atoms with Crippen LogP contribution in [0.4, 0.5) is 5.69 Å². The van der Waals surface area contributed by atoms with Gasteiger partial charge in [-0.3, -0.25) is 9.59 Å². The molecular formula is C23H28N2O4S. The zero-order chi connectivity index (χ0) is 21.3. The molecule has 2 aromatic carbocycles. The molecule has 1 fully saturated rings. The van der Waals surface area contributed by atoms with Gasteiger partial charge in [0.1, 0.15) is 0 Å². The first-order chi connectivity index (χ1) is 14.6. The van der Waals surface area contributed by atoms with E-state index in [0.29, 0.717) is 22.7 Å². The van der Waals surface area contributed by atoms with Crippen molar-refractivity contribution >= 4 is 29.3 Å². The lowest BCUT2D eigenvalue weighted by molar-refractivity contribution is -0.113. The van der Waals surface area contributed by atoms with Gasteiger partial charge in [0.2, 0.25) is 5.91 Å². The number of carbonyl (C=O) groups excluding carboxylic acids is 2. The summed E-state index contributed by atoms with van der Waals surface area (Å²) < 4.78 is 10.5. The summed E-state index contributed by atoms with van der Waals surface area (Å²) in [4.78, 5) is 26.0. The van der Waals surface area contributed by atoms with Crippen LogP contribution in [-0.2, 0) is 4.79 Å². The third kappa shape index (κ3) is 5.92. The molecule has 160 valence electrons. The SMILES string of the molecule is COc1ccc(NC(=O)CSc2ccccc2C(=O)NC2CCCCC2)cc1OC. The van der Waals surface area contributed by atoms with Crippen LogP contribution in [0.2, 0.25) is 0 Å². The first kappa shape index (κ1) is 22.0. The van der Waals surface area contributed by atoms with Gasteiger partial charge in [0.05, 0.1) is 25.5 Å². The standard InChI is InChI=1S/C23H28N2O4S/c1-28-19-13-12-17(14-20(19)29-2)24-22(26)15-30-21-11-7-6-10-18(21)23(27)25-16-8-4-3-5-9-16/h6-7,10-14,16H,3-5,8-9,15H2,1-2H3,(H,24,26)(H,25,27). The van der Waals surface area contributed by atoms with Gasteiger partial charge >= 0.3 is 0 Å². The van der Waals surface area contributed by atoms with Gasteiger partial charge < -0.3 is 20.1 Å². The Hall–Kier alpha value is -2.67. The summed E-state index contributed by atoms with van der Waals surface area (Å²) >= 11 is 1.35. The number of methoxy groups -OCH3 is 2. The van der Waals surface area contributed by atoms with E-state index in [1.165, 1.54) is 18.2 Å². The number of benzene rings is 2. The minimum Gasteiger partial charge on any atom is -0.493 e. The third-order valence-corrected chi connectivity index (χ3v) is 6.17. The molecule has 0 aliphatic heterocycles. The van der Waals surface area contributed by atoms with Crippen molar-refractivity contribution < 1.29 is 19.1 Å². The van der Waals surface area contributed by atoms with E-state index in [1.807, 2.05) is 24.3 Å². The Morgan fingerprint density at radius 2 is 1.73 bits per heavy atom. The summed E-state index contributed by atoms with van der Waals surface area (Å²) in [5.41, 5.74) is 1.24. The molecule has 0 unspecified atom stereocenters. The average Bonchev–Trinajstić information content (AvgIpc) is 2.78. The van der Waals surface area contributed by atoms with Crippen molar-refractivity contribution in [3.05, 3.63) is 48.0 Å². The molecule has 30 heavy (non-hydrogen) atoms. The molecule has 0 saturated heterocycles. The monoisotopic (exact) mass is 428 g/mol. The number of ether oxygens (including phenoxy) is 2. The largest absolute Gasteiger partial charge is 0.493 e. The van der Waals surface area contributed by atoms with Crippen LogP contribution in [0, 0.1) is 0 Å². The van der Waals surface area contributed by atoms with Crippen LogP contribution >= 0.6 is 11.8 Å². The van der Waals surface area contributed by atoms with Gasteiger partial charge in [-0.05, 0) is 37.1 Å². The van der Waals surface area contributed by atoms with E-state index in [9.17, 15) is 9.59 Å². The molecule has 0 heterocycles. The summed E-state index contributed by atoms with van der Waals surface area (Å²) in [6.07, 6.45) is 5.65. The van der Waals surface area contributed by atoms with Crippen molar-refractivity contribution in [1.82, 2.24) is 5.32 Å². The lowest BCUT2D eigenvalue weighted by Gasteiger charge is -2.23. The molecule has 2 amide bonds. The first-order valence-corrected chi connectivity index (χ1v) is 11.1. The number of hydrogen-bond donors (Lipinski definition) is 2. The fourth-order valence-corrected chi connectivity index (χ4v) is 4.39. The molecule has 0 aromatic heterocycles. The molecule has 1 aliphatic rings. The van der Waals surface area contributed by atoms with E-state index in [2.05, 4.69) is 10.6 Å². The second kappa shape index (κ2) is 10.9. The van der Waals surface area contributed by atoms with Crippen LogP contribution in [0.15, 0.2) is 47.4 Å². The van der Waals surface area contributed by atoms with E-state index in [1.54, 1.807) is 32.4 Å². The molecular weight excluding hydrogens is 400 g/mol. The number of anilines is 1. The Labute approximate surface area is 181 Å². The van der Waals surface area contributed by atoms with E-state index in [-0.39, 0.29) is 23.6 Å². The zero-order valence-corrected chi connectivity index (χ0v) is 18.2. The van der Waals surface area contributed by atoms with Crippen LogP contribution in [0.25, 0.3) is 0 Å². The van der Waals surface area contributed by atoms with Gasteiger partial charge in [-0.1, -0.05) is 31.4 Å². The molecule has 6 nitrogen and oxygen atoms in total. The lowest BCUT2D eigenvalue weighted by atomic mass is 9.95. The van der Waals surface area contributed by atoms with Gasteiger partial charge in [-0.25, -0.2) is 0 Å². The molecule has 2 N–H and O–H groups in total. The van der Waals surface area contributed by atoms with E-state index < -0.39 is 0 Å². The van der Waals surface area contributed by atoms with Crippen molar-refractivity contribution in [2.75, 3.05) is 25.3 Å². The summed E-state index contributed by atoms with van der Waals surface area (Å²) in [5.74, 6) is 1.12. The molecule has 7 heteroatoms. The third-order valence-electron chi connectivity index (χ3n) is 5.10. The van der Waals surface area contributed by atoms with Gasteiger partial charge in [-0.15, -0.1) is 11.8 Å². The topological polar surface area (TPSA) is 76.7 Å². The second-order valence-corrected chi connectivity index (χ2v) is 8.23. The smallest absolute Gasteiger partial charge is 0.252 e. The minimum atomic E-state index is -0.158. The Bertz CT molecular complexity index is 881. The normalized spacial score (nSPS) is 14.1. The van der Waals surface area contributed by atoms with E-state index >= 15 is 0 Å². The number of carbonyl (C=O) groups is 2. The van der Waals surface area contributed by atoms with Crippen LogP contribution < -0.4 is 20.1 Å². The molecule has 3 rings (SSSR count). The van der Waals surface area contributed by atoms with Crippen molar-refractivity contribution in [1.29, 1.82) is 0 Å². The fourth-order valence-electron chi connectivity index (χ4n) is 3.54. The highest BCUT2D eigenvalue weighted by Crippen LogP contribution is 2.30. The van der Waals surface area contributed by atoms with Crippen LogP contribution in [0.1, 0.15) is 42.5 Å². The summed E-state index contributed by atoms with van der Waals surface area (Å²) in [7, 11) is 3.11. The molecule has 0 bridgehead atoms. The highest BCUT2D eigenvalue weighted by molar-refractivity contribution is 8.00. The summed E-state index contributed by atoms with van der Waals surface area (Å²) in [6.45, 7) is 0. The van der Waals surface area contributed by atoms with Crippen molar-refractivity contribution in [2.45, 2.75) is 43.0 Å². The second-order valence-electron chi connectivity index (χ2n) is 7.21. The number of thioether (sulfide) groups is 1. The van der Waals surface area contributed by atoms with Crippen LogP contribution in [0.3, 0.4) is 0 Å². The molecule has 0 atom stereocenters. The maximum Gasteiger partial charge on any atom is 0.252 e. The van der Waals surface area contributed by atoms with Crippen molar-refractivity contribution in [3.8, 4) is 11.5 Å². The number of amides is 2.